The summed E-state index contributed by atoms with van der Waals surface area (Å²) in [7, 11) is 1.53. The van der Waals surface area contributed by atoms with Crippen LogP contribution in [-0.2, 0) is 0 Å². The first-order valence-electron chi connectivity index (χ1n) is 5.20. The van der Waals surface area contributed by atoms with Crippen molar-refractivity contribution in [3.05, 3.63) is 45.7 Å². The number of rotatable bonds is 3. The third kappa shape index (κ3) is 2.71. The van der Waals surface area contributed by atoms with E-state index in [1.54, 1.807) is 12.3 Å². The van der Waals surface area contributed by atoms with Gasteiger partial charge in [-0.2, -0.15) is 5.26 Å². The van der Waals surface area contributed by atoms with Crippen molar-refractivity contribution < 1.29 is 4.74 Å². The van der Waals surface area contributed by atoms with Crippen molar-refractivity contribution in [3.8, 4) is 11.8 Å². The lowest BCUT2D eigenvalue weighted by molar-refractivity contribution is 0.413. The number of pyridine rings is 1. The highest BCUT2D eigenvalue weighted by molar-refractivity contribution is 14.1. The number of nitrogens with one attached hydrogen (secondary N) is 1. The van der Waals surface area contributed by atoms with Gasteiger partial charge in [-0.25, -0.2) is 4.98 Å². The van der Waals surface area contributed by atoms with Crippen molar-refractivity contribution in [1.82, 2.24) is 4.98 Å². The molecule has 5 heteroatoms. The molecule has 0 aliphatic heterocycles. The summed E-state index contributed by atoms with van der Waals surface area (Å²) in [6.07, 6.45) is 1.61. The summed E-state index contributed by atoms with van der Waals surface area (Å²) in [5.41, 5.74) is 1.28. The summed E-state index contributed by atoms with van der Waals surface area (Å²) in [6, 6.07) is 11.6. The number of hydrogen-bond acceptors (Lipinski definition) is 4. The molecular weight excluding hydrogens is 341 g/mol. The minimum Gasteiger partial charge on any atom is -0.495 e. The van der Waals surface area contributed by atoms with Crippen LogP contribution in [-0.4, -0.2) is 12.1 Å². The number of nitrogens with zero attached hydrogens (tertiary/aromatic N) is 2. The van der Waals surface area contributed by atoms with Crippen LogP contribution in [0.25, 0.3) is 0 Å². The number of nitriles is 1. The average molecular weight is 351 g/mol. The van der Waals surface area contributed by atoms with Crippen LogP contribution in [0.2, 0.25) is 0 Å². The molecule has 18 heavy (non-hydrogen) atoms. The molecule has 0 unspecified atom stereocenters. The van der Waals surface area contributed by atoms with Gasteiger partial charge in [-0.3, -0.25) is 0 Å². The molecule has 2 aromatic rings. The summed E-state index contributed by atoms with van der Waals surface area (Å²) in [5.74, 6) is 1.01. The molecule has 0 fully saturated rings. The Labute approximate surface area is 119 Å². The largest absolute Gasteiger partial charge is 0.495 e. The van der Waals surface area contributed by atoms with Crippen molar-refractivity contribution >= 4 is 34.1 Å². The van der Waals surface area contributed by atoms with Gasteiger partial charge in [0.15, 0.2) is 5.82 Å². The average Bonchev–Trinajstić information content (AvgIpc) is 2.41. The Hall–Kier alpha value is -1.81. The number of aromatic nitrogens is 1. The highest BCUT2D eigenvalue weighted by atomic mass is 127. The molecular formula is C13H10IN3O. The van der Waals surface area contributed by atoms with E-state index in [0.717, 1.165) is 9.26 Å². The lowest BCUT2D eigenvalue weighted by Gasteiger charge is -2.09. The molecule has 4 nitrogen and oxygen atoms in total. The molecule has 0 saturated carbocycles. The number of anilines is 2. The van der Waals surface area contributed by atoms with Gasteiger partial charge < -0.3 is 10.1 Å². The highest BCUT2D eigenvalue weighted by Gasteiger charge is 2.09. The smallest absolute Gasteiger partial charge is 0.152 e. The van der Waals surface area contributed by atoms with E-state index in [4.69, 9.17) is 10.00 Å². The van der Waals surface area contributed by atoms with E-state index in [9.17, 15) is 0 Å². The summed E-state index contributed by atoms with van der Waals surface area (Å²) < 4.78 is 6.28. The summed E-state index contributed by atoms with van der Waals surface area (Å²) in [5, 5.41) is 12.2. The molecule has 2 rings (SSSR count). The van der Waals surface area contributed by atoms with E-state index < -0.39 is 0 Å². The minimum atomic E-state index is 0.401. The fourth-order valence-electron chi connectivity index (χ4n) is 1.49. The highest BCUT2D eigenvalue weighted by Crippen LogP contribution is 2.25. The van der Waals surface area contributed by atoms with Crippen LogP contribution in [0.5, 0.6) is 5.75 Å². The van der Waals surface area contributed by atoms with Crippen LogP contribution >= 0.6 is 22.6 Å². The van der Waals surface area contributed by atoms with Gasteiger partial charge in [0.2, 0.25) is 0 Å². The van der Waals surface area contributed by atoms with E-state index in [1.165, 1.54) is 7.11 Å². The second-order valence-corrected chi connectivity index (χ2v) is 4.73. The second-order valence-electron chi connectivity index (χ2n) is 3.48. The Morgan fingerprint density at radius 2 is 2.00 bits per heavy atom. The van der Waals surface area contributed by atoms with Gasteiger partial charge in [-0.15, -0.1) is 0 Å². The first-order chi connectivity index (χ1) is 8.74. The molecule has 1 aromatic carbocycles. The zero-order valence-corrected chi connectivity index (χ0v) is 11.8. The first kappa shape index (κ1) is 12.6. The van der Waals surface area contributed by atoms with E-state index in [2.05, 4.69) is 39.0 Å². The maximum absolute atomic E-state index is 9.14. The van der Waals surface area contributed by atoms with Gasteiger partial charge in [0, 0.05) is 15.5 Å². The van der Waals surface area contributed by atoms with Crippen molar-refractivity contribution in [1.29, 1.82) is 5.26 Å². The molecule has 1 N–H and O–H groups in total. The van der Waals surface area contributed by atoms with Crippen molar-refractivity contribution in [2.45, 2.75) is 0 Å². The monoisotopic (exact) mass is 351 g/mol. The number of hydrogen-bond donors (Lipinski definition) is 1. The van der Waals surface area contributed by atoms with Gasteiger partial charge in [0.05, 0.1) is 7.11 Å². The fraction of sp³-hybridized carbons (Fsp3) is 0.0769. The fourth-order valence-corrected chi connectivity index (χ4v) is 1.85. The molecule has 0 saturated heterocycles. The Morgan fingerprint density at radius 3 is 2.61 bits per heavy atom. The molecule has 1 aromatic heterocycles. The van der Waals surface area contributed by atoms with E-state index in [-0.39, 0.29) is 0 Å². The van der Waals surface area contributed by atoms with Gasteiger partial charge in [-0.05, 0) is 52.9 Å². The number of benzene rings is 1. The zero-order chi connectivity index (χ0) is 13.0. The zero-order valence-electron chi connectivity index (χ0n) is 9.64. The van der Waals surface area contributed by atoms with Crippen LogP contribution in [0.3, 0.4) is 0 Å². The Morgan fingerprint density at radius 1 is 1.28 bits per heavy atom. The number of halogens is 1. The SMILES string of the molecule is COc1ccnc(Nc2ccc(I)cc2)c1C#N. The lowest BCUT2D eigenvalue weighted by Crippen LogP contribution is -1.99. The van der Waals surface area contributed by atoms with E-state index in [0.29, 0.717) is 17.1 Å². The maximum atomic E-state index is 9.14. The predicted molar refractivity (Wildman–Crippen MR) is 77.9 cm³/mol. The Bertz CT molecular complexity index is 590. The molecule has 0 bridgehead atoms. The number of methoxy groups -OCH3 is 1. The molecule has 0 amide bonds. The van der Waals surface area contributed by atoms with Crippen molar-refractivity contribution in [2.75, 3.05) is 12.4 Å². The van der Waals surface area contributed by atoms with Gasteiger partial charge in [0.25, 0.3) is 0 Å². The second kappa shape index (κ2) is 5.69. The summed E-state index contributed by atoms with van der Waals surface area (Å²) >= 11 is 2.24. The van der Waals surface area contributed by atoms with Crippen LogP contribution in [0.15, 0.2) is 36.5 Å². The van der Waals surface area contributed by atoms with Crippen molar-refractivity contribution in [3.63, 3.8) is 0 Å². The minimum absolute atomic E-state index is 0.401. The molecule has 0 radical (unpaired) electrons. The number of ether oxygens (including phenoxy) is 1. The first-order valence-corrected chi connectivity index (χ1v) is 6.28. The van der Waals surface area contributed by atoms with E-state index >= 15 is 0 Å². The normalized spacial score (nSPS) is 9.61. The lowest BCUT2D eigenvalue weighted by atomic mass is 10.2. The van der Waals surface area contributed by atoms with Crippen LogP contribution in [0.4, 0.5) is 11.5 Å². The Balaban J connectivity index is 2.35. The van der Waals surface area contributed by atoms with Crippen molar-refractivity contribution in [2.24, 2.45) is 0 Å². The molecule has 90 valence electrons. The third-order valence-electron chi connectivity index (χ3n) is 2.35. The van der Waals surface area contributed by atoms with Crippen LogP contribution in [0.1, 0.15) is 5.56 Å². The quantitative estimate of drug-likeness (QED) is 0.862. The summed E-state index contributed by atoms with van der Waals surface area (Å²) in [6.45, 7) is 0. The Kier molecular flexibility index (Phi) is 3.99. The molecule has 0 spiro atoms. The third-order valence-corrected chi connectivity index (χ3v) is 3.07. The summed E-state index contributed by atoms with van der Waals surface area (Å²) in [4.78, 5) is 4.16. The van der Waals surface area contributed by atoms with Gasteiger partial charge in [0.1, 0.15) is 17.4 Å². The molecule has 0 atom stereocenters. The molecule has 1 heterocycles. The standard InChI is InChI=1S/C13H10IN3O/c1-18-12-6-7-16-13(11(12)8-15)17-10-4-2-9(14)3-5-10/h2-7H,1H3,(H,16,17). The van der Waals surface area contributed by atoms with E-state index in [1.807, 2.05) is 24.3 Å². The maximum Gasteiger partial charge on any atom is 0.152 e. The molecule has 0 aliphatic carbocycles. The predicted octanol–water partition coefficient (Wildman–Crippen LogP) is 3.31. The van der Waals surface area contributed by atoms with Gasteiger partial charge >= 0.3 is 0 Å². The van der Waals surface area contributed by atoms with Crippen LogP contribution < -0.4 is 10.1 Å². The molecule has 0 aliphatic rings. The van der Waals surface area contributed by atoms with Crippen LogP contribution in [0, 0.1) is 14.9 Å². The van der Waals surface area contributed by atoms with Gasteiger partial charge in [-0.1, -0.05) is 0 Å². The topological polar surface area (TPSA) is 57.9 Å².